The van der Waals surface area contributed by atoms with Crippen LogP contribution in [0.4, 0.5) is 20.7 Å². The van der Waals surface area contributed by atoms with Gasteiger partial charge in [0.05, 0.1) is 6.33 Å². The molecule has 2 aromatic heterocycles. The van der Waals surface area contributed by atoms with Crippen LogP contribution in [-0.4, -0.2) is 81.2 Å². The second-order valence-corrected chi connectivity index (χ2v) is 12.2. The van der Waals surface area contributed by atoms with Gasteiger partial charge in [-0.2, -0.15) is 0 Å². The molecule has 2 fully saturated rings. The van der Waals surface area contributed by atoms with E-state index in [2.05, 4.69) is 19.9 Å². The van der Waals surface area contributed by atoms with Crippen molar-refractivity contribution in [3.8, 4) is 0 Å². The number of carbonyl (C=O) groups is 1. The highest BCUT2D eigenvalue weighted by Gasteiger charge is 2.56. The van der Waals surface area contributed by atoms with Crippen molar-refractivity contribution in [3.63, 3.8) is 0 Å². The van der Waals surface area contributed by atoms with Crippen LogP contribution in [0, 0.1) is 5.82 Å². The maximum atomic E-state index is 14.8. The van der Waals surface area contributed by atoms with Gasteiger partial charge in [-0.1, -0.05) is 26.8 Å². The first kappa shape index (κ1) is 29.1. The summed E-state index contributed by atoms with van der Waals surface area (Å²) in [5, 5.41) is 0. The van der Waals surface area contributed by atoms with E-state index in [1.807, 2.05) is 46.2 Å². The lowest BCUT2D eigenvalue weighted by molar-refractivity contribution is -0.197. The van der Waals surface area contributed by atoms with E-state index in [4.69, 9.17) is 25.7 Å². The van der Waals surface area contributed by atoms with Crippen LogP contribution in [0.5, 0.6) is 0 Å². The van der Waals surface area contributed by atoms with Gasteiger partial charge in [-0.15, -0.1) is 0 Å². The summed E-state index contributed by atoms with van der Waals surface area (Å²) in [6.07, 6.45) is 2.11. The Labute approximate surface area is 238 Å². The van der Waals surface area contributed by atoms with Crippen LogP contribution in [0.25, 0.3) is 11.2 Å². The SMILES string of the molecule is CN(CCCN(C(N)=O)c1ccc(C(C)(C)C)c(F)c1)C[C@H]1O[C@@H](n2cnc3c(N)ncnc32)C2OC(C)(C)O[C@@H]21. The number of nitrogen functional groups attached to an aromatic ring is 1. The normalized spacial score (nSPS) is 23.8. The van der Waals surface area contributed by atoms with Crippen LogP contribution >= 0.6 is 0 Å². The van der Waals surface area contributed by atoms with Gasteiger partial charge < -0.3 is 30.6 Å². The van der Waals surface area contributed by atoms with Crippen molar-refractivity contribution >= 4 is 28.7 Å². The number of anilines is 2. The molecule has 1 aromatic carbocycles. The van der Waals surface area contributed by atoms with Crippen LogP contribution in [-0.2, 0) is 19.6 Å². The van der Waals surface area contributed by atoms with Gasteiger partial charge in [0.1, 0.15) is 36.0 Å². The first-order valence-corrected chi connectivity index (χ1v) is 13.7. The van der Waals surface area contributed by atoms with Crippen molar-refractivity contribution in [2.75, 3.05) is 37.3 Å². The zero-order chi connectivity index (χ0) is 29.7. The van der Waals surface area contributed by atoms with E-state index in [-0.39, 0.29) is 29.5 Å². The molecule has 2 aliphatic rings. The summed E-state index contributed by atoms with van der Waals surface area (Å²) in [6, 6.07) is 4.20. The number of aromatic nitrogens is 4. The molecule has 2 aliphatic heterocycles. The number of amides is 2. The molecule has 3 aromatic rings. The summed E-state index contributed by atoms with van der Waals surface area (Å²) >= 11 is 0. The number of halogens is 1. The monoisotopic (exact) mass is 570 g/mol. The molecule has 222 valence electrons. The summed E-state index contributed by atoms with van der Waals surface area (Å²) in [5.74, 6) is -0.845. The van der Waals surface area contributed by atoms with Crippen LogP contribution in [0.3, 0.4) is 0 Å². The fourth-order valence-corrected chi connectivity index (χ4v) is 5.63. The molecule has 4 heterocycles. The van der Waals surface area contributed by atoms with Crippen molar-refractivity contribution in [1.82, 2.24) is 24.4 Å². The van der Waals surface area contributed by atoms with Gasteiger partial charge in [-0.05, 0) is 57.0 Å². The summed E-state index contributed by atoms with van der Waals surface area (Å²) in [4.78, 5) is 28.5. The predicted molar refractivity (Wildman–Crippen MR) is 152 cm³/mol. The number of nitrogens with two attached hydrogens (primary N) is 2. The molecular weight excluding hydrogens is 531 g/mol. The van der Waals surface area contributed by atoms with E-state index >= 15 is 0 Å². The minimum absolute atomic E-state index is 0.293. The Hall–Kier alpha value is -3.39. The maximum Gasteiger partial charge on any atom is 0.319 e. The highest BCUT2D eigenvalue weighted by Crippen LogP contribution is 2.44. The van der Waals surface area contributed by atoms with Crippen molar-refractivity contribution in [3.05, 3.63) is 42.2 Å². The summed E-state index contributed by atoms with van der Waals surface area (Å²) in [5.41, 5.74) is 13.4. The number of urea groups is 1. The van der Waals surface area contributed by atoms with Gasteiger partial charge in [0.2, 0.25) is 0 Å². The van der Waals surface area contributed by atoms with Gasteiger partial charge in [0.25, 0.3) is 0 Å². The van der Waals surface area contributed by atoms with E-state index < -0.39 is 18.0 Å². The fourth-order valence-electron chi connectivity index (χ4n) is 5.63. The van der Waals surface area contributed by atoms with E-state index in [0.29, 0.717) is 54.3 Å². The second-order valence-electron chi connectivity index (χ2n) is 12.2. The smallest absolute Gasteiger partial charge is 0.319 e. The Morgan fingerprint density at radius 1 is 1.15 bits per heavy atom. The third-order valence-electron chi connectivity index (χ3n) is 7.54. The van der Waals surface area contributed by atoms with Crippen molar-refractivity contribution in [2.24, 2.45) is 5.73 Å². The summed E-state index contributed by atoms with van der Waals surface area (Å²) in [6.45, 7) is 11.1. The van der Waals surface area contributed by atoms with Crippen LogP contribution in [0.2, 0.25) is 0 Å². The molecule has 2 amide bonds. The molecular formula is C28H39FN8O4. The minimum Gasteiger partial charge on any atom is -0.382 e. The number of benzene rings is 1. The molecule has 0 saturated carbocycles. The van der Waals surface area contributed by atoms with Crippen molar-refractivity contribution < 1.29 is 23.4 Å². The largest absolute Gasteiger partial charge is 0.382 e. The van der Waals surface area contributed by atoms with Gasteiger partial charge in [-0.3, -0.25) is 9.47 Å². The number of carbonyl (C=O) groups excluding carboxylic acids is 1. The Bertz CT molecular complexity index is 1420. The topological polar surface area (TPSA) is 147 Å². The lowest BCUT2D eigenvalue weighted by atomic mass is 9.86. The molecule has 12 nitrogen and oxygen atoms in total. The van der Waals surface area contributed by atoms with Crippen LogP contribution in [0.1, 0.15) is 52.8 Å². The van der Waals surface area contributed by atoms with Crippen LogP contribution < -0.4 is 16.4 Å². The number of likely N-dealkylation sites (N-methyl/N-ethyl adjacent to an activating group) is 1. The van der Waals surface area contributed by atoms with Gasteiger partial charge >= 0.3 is 6.03 Å². The zero-order valence-electron chi connectivity index (χ0n) is 24.4. The average Bonchev–Trinajstić information content (AvgIpc) is 3.53. The molecule has 5 rings (SSSR count). The van der Waals surface area contributed by atoms with E-state index in [1.165, 1.54) is 17.3 Å². The number of fused-ring (bicyclic) bond motifs is 2. The molecule has 0 spiro atoms. The zero-order valence-corrected chi connectivity index (χ0v) is 24.4. The number of imidazole rings is 1. The first-order valence-electron chi connectivity index (χ1n) is 13.7. The standard InChI is InChI=1S/C28H39FN8O4/c1-27(2,3)17-9-8-16(12-18(17)29)36(26(31)38)11-7-10-35(6)13-19-21-22(41-28(4,5)40-21)25(39-19)37-15-34-20-23(30)32-14-33-24(20)37/h8-9,12,14-15,19,21-22,25H,7,10-11,13H2,1-6H3,(H2,31,38)(H2,30,32,33)/t19-,21-,22?,25-/m1/s1. The number of primary amides is 1. The predicted octanol–water partition coefficient (Wildman–Crippen LogP) is 3.17. The summed E-state index contributed by atoms with van der Waals surface area (Å²) < 4.78 is 35.6. The molecule has 1 unspecified atom stereocenters. The van der Waals surface area contributed by atoms with E-state index in [9.17, 15) is 9.18 Å². The number of nitrogens with zero attached hydrogens (tertiary/aromatic N) is 6. The third kappa shape index (κ3) is 5.85. The highest BCUT2D eigenvalue weighted by atomic mass is 19.1. The van der Waals surface area contributed by atoms with E-state index in [1.54, 1.807) is 18.5 Å². The van der Waals surface area contributed by atoms with Crippen molar-refractivity contribution in [2.45, 2.75) is 76.8 Å². The molecule has 41 heavy (non-hydrogen) atoms. The molecule has 13 heteroatoms. The Morgan fingerprint density at radius 2 is 1.88 bits per heavy atom. The molecule has 2 saturated heterocycles. The van der Waals surface area contributed by atoms with Crippen LogP contribution in [0.15, 0.2) is 30.9 Å². The van der Waals surface area contributed by atoms with Gasteiger partial charge in [-0.25, -0.2) is 24.1 Å². The Balaban J connectivity index is 1.24. The first-order chi connectivity index (χ1) is 19.2. The number of rotatable bonds is 8. The number of hydrogen-bond acceptors (Lipinski definition) is 9. The molecule has 0 radical (unpaired) electrons. The average molecular weight is 571 g/mol. The van der Waals surface area contributed by atoms with Gasteiger partial charge in [0.15, 0.2) is 23.5 Å². The summed E-state index contributed by atoms with van der Waals surface area (Å²) in [7, 11) is 1.97. The molecule has 0 bridgehead atoms. The fraction of sp³-hybridized carbons (Fsp3) is 0.571. The third-order valence-corrected chi connectivity index (χ3v) is 7.54. The highest BCUT2D eigenvalue weighted by molar-refractivity contribution is 5.90. The Morgan fingerprint density at radius 3 is 2.56 bits per heavy atom. The maximum absolute atomic E-state index is 14.8. The second kappa shape index (κ2) is 10.8. The quantitative estimate of drug-likeness (QED) is 0.417. The van der Waals surface area contributed by atoms with Gasteiger partial charge in [0, 0.05) is 18.8 Å². The molecule has 4 N–H and O–H groups in total. The van der Waals surface area contributed by atoms with Crippen molar-refractivity contribution in [1.29, 1.82) is 0 Å². The minimum atomic E-state index is -0.779. The molecule has 4 atom stereocenters. The Kier molecular flexibility index (Phi) is 7.66. The lowest BCUT2D eigenvalue weighted by Gasteiger charge is -2.28. The lowest BCUT2D eigenvalue weighted by Crippen LogP contribution is -2.40. The molecule has 0 aliphatic carbocycles. The number of hydrogen-bond donors (Lipinski definition) is 2. The number of ether oxygens (including phenoxy) is 3. The van der Waals surface area contributed by atoms with E-state index in [0.717, 1.165) is 0 Å².